The summed E-state index contributed by atoms with van der Waals surface area (Å²) in [6.45, 7) is 4.03. The van der Waals surface area contributed by atoms with Crippen LogP contribution in [-0.4, -0.2) is 39.9 Å². The SMILES string of the molecule is CCCNC(=O)[C@H](C)NC(=O)c1cccc(S(=O)(=O)N(C)c2ccccc2)c1. The molecular weight excluding hydrogens is 378 g/mol. The third-order valence-corrected chi connectivity index (χ3v) is 5.95. The lowest BCUT2D eigenvalue weighted by Gasteiger charge is -2.20. The van der Waals surface area contributed by atoms with Gasteiger partial charge in [0.1, 0.15) is 6.04 Å². The number of benzene rings is 2. The van der Waals surface area contributed by atoms with Crippen molar-refractivity contribution >= 4 is 27.5 Å². The summed E-state index contributed by atoms with van der Waals surface area (Å²) < 4.78 is 26.9. The lowest BCUT2D eigenvalue weighted by atomic mass is 10.2. The van der Waals surface area contributed by atoms with Crippen molar-refractivity contribution in [2.45, 2.75) is 31.2 Å². The molecule has 0 spiro atoms. The van der Waals surface area contributed by atoms with Crippen LogP contribution in [0.2, 0.25) is 0 Å². The normalized spacial score (nSPS) is 12.1. The second-order valence-electron chi connectivity index (χ2n) is 6.32. The van der Waals surface area contributed by atoms with Crippen LogP contribution in [0.15, 0.2) is 59.5 Å². The number of hydrogen-bond donors (Lipinski definition) is 2. The number of nitrogens with one attached hydrogen (secondary N) is 2. The average Bonchev–Trinajstić information content (AvgIpc) is 2.71. The summed E-state index contributed by atoms with van der Waals surface area (Å²) in [7, 11) is -2.37. The van der Waals surface area contributed by atoms with Gasteiger partial charge in [-0.1, -0.05) is 31.2 Å². The number of carbonyl (C=O) groups is 2. The largest absolute Gasteiger partial charge is 0.354 e. The zero-order valence-electron chi connectivity index (χ0n) is 16.2. The number of rotatable bonds is 8. The van der Waals surface area contributed by atoms with Gasteiger partial charge in [-0.3, -0.25) is 13.9 Å². The van der Waals surface area contributed by atoms with Crippen LogP contribution in [0.4, 0.5) is 5.69 Å². The first kappa shape index (κ1) is 21.4. The maximum Gasteiger partial charge on any atom is 0.264 e. The molecule has 2 aromatic carbocycles. The first-order chi connectivity index (χ1) is 13.3. The van der Waals surface area contributed by atoms with Gasteiger partial charge in [0.25, 0.3) is 15.9 Å². The average molecular weight is 404 g/mol. The van der Waals surface area contributed by atoms with Crippen molar-refractivity contribution in [1.82, 2.24) is 10.6 Å². The van der Waals surface area contributed by atoms with E-state index in [2.05, 4.69) is 10.6 Å². The fraction of sp³-hybridized carbons (Fsp3) is 0.300. The lowest BCUT2D eigenvalue weighted by molar-refractivity contribution is -0.122. The summed E-state index contributed by atoms with van der Waals surface area (Å²) >= 11 is 0. The Bertz CT molecular complexity index is 929. The number of carbonyl (C=O) groups excluding carboxylic acids is 2. The first-order valence-corrected chi connectivity index (χ1v) is 10.4. The molecule has 0 unspecified atom stereocenters. The van der Waals surface area contributed by atoms with Gasteiger partial charge in [0.05, 0.1) is 10.6 Å². The molecule has 0 saturated heterocycles. The molecule has 0 saturated carbocycles. The monoisotopic (exact) mass is 403 g/mol. The van der Waals surface area contributed by atoms with Gasteiger partial charge in [0.2, 0.25) is 5.91 Å². The van der Waals surface area contributed by atoms with Gasteiger partial charge < -0.3 is 10.6 Å². The Balaban J connectivity index is 2.19. The van der Waals surface area contributed by atoms with Crippen molar-refractivity contribution in [3.05, 3.63) is 60.2 Å². The topological polar surface area (TPSA) is 95.6 Å². The van der Waals surface area contributed by atoms with Crippen molar-refractivity contribution < 1.29 is 18.0 Å². The van der Waals surface area contributed by atoms with Crippen LogP contribution in [0, 0.1) is 0 Å². The van der Waals surface area contributed by atoms with Crippen LogP contribution in [0.3, 0.4) is 0 Å². The molecule has 0 radical (unpaired) electrons. The van der Waals surface area contributed by atoms with E-state index >= 15 is 0 Å². The summed E-state index contributed by atoms with van der Waals surface area (Å²) in [5.41, 5.74) is 0.677. The fourth-order valence-corrected chi connectivity index (χ4v) is 3.72. The van der Waals surface area contributed by atoms with E-state index in [1.165, 1.54) is 31.3 Å². The van der Waals surface area contributed by atoms with Crippen LogP contribution in [0.5, 0.6) is 0 Å². The molecule has 28 heavy (non-hydrogen) atoms. The van der Waals surface area contributed by atoms with Gasteiger partial charge in [-0.25, -0.2) is 8.42 Å². The molecule has 0 bridgehead atoms. The van der Waals surface area contributed by atoms with Gasteiger partial charge in [-0.15, -0.1) is 0 Å². The summed E-state index contributed by atoms with van der Waals surface area (Å²) in [6.07, 6.45) is 0.793. The highest BCUT2D eigenvalue weighted by Gasteiger charge is 2.23. The molecule has 0 aliphatic rings. The molecule has 0 fully saturated rings. The molecule has 2 N–H and O–H groups in total. The maximum absolute atomic E-state index is 12.9. The number of amides is 2. The highest BCUT2D eigenvalue weighted by molar-refractivity contribution is 7.92. The Morgan fingerprint density at radius 2 is 1.75 bits per heavy atom. The fourth-order valence-electron chi connectivity index (χ4n) is 2.48. The number of anilines is 1. The Labute approximate surface area is 165 Å². The number of hydrogen-bond acceptors (Lipinski definition) is 4. The van der Waals surface area contributed by atoms with Crippen LogP contribution in [0.25, 0.3) is 0 Å². The van der Waals surface area contributed by atoms with Gasteiger partial charge in [-0.2, -0.15) is 0 Å². The quantitative estimate of drug-likeness (QED) is 0.706. The van der Waals surface area contributed by atoms with Gasteiger partial charge in [0, 0.05) is 19.2 Å². The van der Waals surface area contributed by atoms with E-state index in [9.17, 15) is 18.0 Å². The number of sulfonamides is 1. The molecule has 1 atom stereocenters. The Hall–Kier alpha value is -2.87. The van der Waals surface area contributed by atoms with Gasteiger partial charge in [0.15, 0.2) is 0 Å². The maximum atomic E-state index is 12.9. The van der Waals surface area contributed by atoms with Gasteiger partial charge in [-0.05, 0) is 43.7 Å². The second-order valence-corrected chi connectivity index (χ2v) is 8.29. The molecule has 2 rings (SSSR count). The van der Waals surface area contributed by atoms with E-state index in [-0.39, 0.29) is 16.4 Å². The molecular formula is C20H25N3O4S. The number of para-hydroxylation sites is 1. The summed E-state index contributed by atoms with van der Waals surface area (Å²) in [5, 5.41) is 5.29. The van der Waals surface area contributed by atoms with Crippen LogP contribution in [0.1, 0.15) is 30.6 Å². The minimum atomic E-state index is -3.83. The van der Waals surface area contributed by atoms with Crippen molar-refractivity contribution in [3.8, 4) is 0 Å². The Morgan fingerprint density at radius 1 is 1.07 bits per heavy atom. The van der Waals surface area contributed by atoms with E-state index in [0.29, 0.717) is 12.2 Å². The smallest absolute Gasteiger partial charge is 0.264 e. The minimum absolute atomic E-state index is 0.00501. The van der Waals surface area contributed by atoms with Crippen molar-refractivity contribution in [1.29, 1.82) is 0 Å². The molecule has 2 aromatic rings. The zero-order chi connectivity index (χ0) is 20.7. The predicted octanol–water partition coefficient (Wildman–Crippen LogP) is 2.16. The molecule has 8 heteroatoms. The molecule has 7 nitrogen and oxygen atoms in total. The predicted molar refractivity (Wildman–Crippen MR) is 109 cm³/mol. The summed E-state index contributed by atoms with van der Waals surface area (Å²) in [4.78, 5) is 24.4. The van der Waals surface area contributed by atoms with E-state index in [1.807, 2.05) is 6.92 Å². The Morgan fingerprint density at radius 3 is 2.39 bits per heavy atom. The zero-order valence-corrected chi connectivity index (χ0v) is 17.0. The van der Waals surface area contributed by atoms with E-state index in [1.54, 1.807) is 37.3 Å². The Kier molecular flexibility index (Phi) is 7.17. The first-order valence-electron chi connectivity index (χ1n) is 9.00. The summed E-state index contributed by atoms with van der Waals surface area (Å²) in [5.74, 6) is -0.804. The van der Waals surface area contributed by atoms with Gasteiger partial charge >= 0.3 is 0 Å². The van der Waals surface area contributed by atoms with E-state index in [4.69, 9.17) is 0 Å². The van der Waals surface area contributed by atoms with E-state index < -0.39 is 22.0 Å². The highest BCUT2D eigenvalue weighted by Crippen LogP contribution is 2.22. The molecule has 2 amide bonds. The minimum Gasteiger partial charge on any atom is -0.354 e. The molecule has 0 aliphatic carbocycles. The highest BCUT2D eigenvalue weighted by atomic mass is 32.2. The lowest BCUT2D eigenvalue weighted by Crippen LogP contribution is -2.45. The van der Waals surface area contributed by atoms with Crippen molar-refractivity contribution in [2.24, 2.45) is 0 Å². The standard InChI is InChI=1S/C20H25N3O4S/c1-4-13-21-19(24)15(2)22-20(25)16-9-8-12-18(14-16)28(26,27)23(3)17-10-6-5-7-11-17/h5-12,14-15H,4,13H2,1-3H3,(H,21,24)(H,22,25)/t15-/m0/s1. The third-order valence-electron chi connectivity index (χ3n) is 4.16. The molecule has 150 valence electrons. The third kappa shape index (κ3) is 5.10. The van der Waals surface area contributed by atoms with Crippen LogP contribution in [-0.2, 0) is 14.8 Å². The summed E-state index contributed by atoms with van der Waals surface area (Å²) in [6, 6.07) is 13.7. The second kappa shape index (κ2) is 9.36. The molecule has 0 aromatic heterocycles. The molecule has 0 heterocycles. The number of nitrogens with zero attached hydrogens (tertiary/aromatic N) is 1. The van der Waals surface area contributed by atoms with Crippen LogP contribution < -0.4 is 14.9 Å². The molecule has 0 aliphatic heterocycles. The van der Waals surface area contributed by atoms with Crippen molar-refractivity contribution in [2.75, 3.05) is 17.9 Å². The van der Waals surface area contributed by atoms with Crippen molar-refractivity contribution in [3.63, 3.8) is 0 Å². The van der Waals surface area contributed by atoms with E-state index in [0.717, 1.165) is 10.7 Å². The van der Waals surface area contributed by atoms with Crippen LogP contribution >= 0.6 is 0 Å².